The quantitative estimate of drug-likeness (QED) is 0.143. The average Bonchev–Trinajstić information content (AvgIpc) is 3.24. The lowest BCUT2D eigenvalue weighted by molar-refractivity contribution is 0.941. The predicted molar refractivity (Wildman–Crippen MR) is 238 cm³/mol. The number of aryl methyl sites for hydroxylation is 13. The number of rotatable bonds is 0. The van der Waals surface area contributed by atoms with Crippen molar-refractivity contribution in [3.05, 3.63) is 192 Å². The highest BCUT2D eigenvalue weighted by Gasteiger charge is 1.86. The van der Waals surface area contributed by atoms with E-state index in [0.29, 0.717) is 0 Å². The maximum atomic E-state index is 4.06. The minimum Gasteiger partial charge on any atom is -0.261 e. The molecule has 0 fully saturated rings. The van der Waals surface area contributed by atoms with Gasteiger partial charge in [0.2, 0.25) is 0 Å². The molecule has 0 aliphatic heterocycles. The summed E-state index contributed by atoms with van der Waals surface area (Å²) in [5, 5.41) is 7.66. The fraction of sp³-hybridized carbons (Fsp3) is 0.289. The van der Waals surface area contributed by atoms with Crippen molar-refractivity contribution in [3.8, 4) is 0 Å². The molecule has 16 heteroatoms. The Morgan fingerprint density at radius 1 is 0.279 bits per heavy atom. The molecule has 8 rings (SSSR count). The van der Waals surface area contributed by atoms with E-state index in [-0.39, 0.29) is 0 Å². The molecule has 0 N–H and O–H groups in total. The van der Waals surface area contributed by atoms with E-state index < -0.39 is 0 Å². The SMILES string of the molecule is Cc1cc(C)ncn1.Cc1ccc(C)nn1.Cc1ccnc(C)n1.Cc1ccncn1.Cc1cnc(C)cn1.Cc1cnc(C)nc1.Cc1cnccn1.Cc1cncnc1. The Kier molecular flexibility index (Phi) is 26.8. The third kappa shape index (κ3) is 30.4. The number of nitrogens with zero attached hydrogens (tertiary/aromatic N) is 16. The van der Waals surface area contributed by atoms with Crippen molar-refractivity contribution in [1.82, 2.24) is 80.0 Å². The number of hydrogen-bond donors (Lipinski definition) is 0. The molecule has 0 spiro atoms. The molecule has 0 aliphatic carbocycles. The Morgan fingerprint density at radius 2 is 0.803 bits per heavy atom. The van der Waals surface area contributed by atoms with Crippen molar-refractivity contribution in [2.24, 2.45) is 0 Å². The lowest BCUT2D eigenvalue weighted by atomic mass is 10.4. The third-order valence-electron chi connectivity index (χ3n) is 6.72. The van der Waals surface area contributed by atoms with Crippen LogP contribution in [0.3, 0.4) is 0 Å². The summed E-state index contributed by atoms with van der Waals surface area (Å²) in [5.74, 6) is 1.67. The van der Waals surface area contributed by atoms with Gasteiger partial charge in [0.05, 0.1) is 28.5 Å². The van der Waals surface area contributed by atoms with E-state index in [4.69, 9.17) is 0 Å². The van der Waals surface area contributed by atoms with E-state index >= 15 is 0 Å². The van der Waals surface area contributed by atoms with E-state index in [2.05, 4.69) is 80.0 Å². The fourth-order valence-electron chi connectivity index (χ4n) is 3.65. The van der Waals surface area contributed by atoms with E-state index in [0.717, 1.165) is 74.0 Å². The molecule has 0 radical (unpaired) electrons. The van der Waals surface area contributed by atoms with Gasteiger partial charge in [-0.3, -0.25) is 19.9 Å². The van der Waals surface area contributed by atoms with Crippen molar-refractivity contribution in [2.75, 3.05) is 0 Å². The molecule has 0 amide bonds. The van der Waals surface area contributed by atoms with Gasteiger partial charge in [-0.05, 0) is 131 Å². The highest BCUT2D eigenvalue weighted by atomic mass is 15.1. The third-order valence-corrected chi connectivity index (χ3v) is 6.72. The molecule has 8 aromatic rings. The standard InChI is InChI=1S/5C6H8N2.3C5H6N2/c1-5-3-8-6(2)4-7-5;1-5-3-6(2)8-4-7-5;1-5-3-7-6(2)8-4-5;1-5-3-4-7-6(2)8-5;1-5-3-4-6(2)8-7-5;1-5-2-6-4-7-3-5;1-5-4-6-2-3-7-5;1-5-2-3-6-4-7-5/h5*3-4H,1-2H3;3*2-4H,1H3. The zero-order valence-corrected chi connectivity index (χ0v) is 37.6. The summed E-state index contributed by atoms with van der Waals surface area (Å²) in [5.41, 5.74) is 11.1. The molecule has 318 valence electrons. The van der Waals surface area contributed by atoms with Crippen molar-refractivity contribution in [2.45, 2.75) is 90.0 Å². The molecular weight excluding hydrogens is 765 g/mol. The highest BCUT2D eigenvalue weighted by Crippen LogP contribution is 1.93. The van der Waals surface area contributed by atoms with Crippen LogP contribution in [0.5, 0.6) is 0 Å². The smallest absolute Gasteiger partial charge is 0.125 e. The van der Waals surface area contributed by atoms with Crippen LogP contribution in [0.25, 0.3) is 0 Å². The lowest BCUT2D eigenvalue weighted by Crippen LogP contribution is -1.86. The van der Waals surface area contributed by atoms with Crippen LogP contribution in [0.1, 0.15) is 74.0 Å². The lowest BCUT2D eigenvalue weighted by Gasteiger charge is -1.89. The molecule has 16 nitrogen and oxygen atoms in total. The van der Waals surface area contributed by atoms with Crippen LogP contribution in [0.2, 0.25) is 0 Å². The summed E-state index contributed by atoms with van der Waals surface area (Å²) >= 11 is 0. The van der Waals surface area contributed by atoms with E-state index in [1.807, 2.05) is 133 Å². The van der Waals surface area contributed by atoms with E-state index in [1.165, 1.54) is 12.7 Å². The molecule has 0 aromatic carbocycles. The predicted octanol–water partition coefficient (Wildman–Crippen LogP) is 7.82. The average molecular weight is 823 g/mol. The molecule has 61 heavy (non-hydrogen) atoms. The van der Waals surface area contributed by atoms with Gasteiger partial charge in [-0.1, -0.05) is 0 Å². The Bertz CT molecular complexity index is 1930. The van der Waals surface area contributed by atoms with Crippen molar-refractivity contribution >= 4 is 0 Å². The molecular formula is C45H58N16. The largest absolute Gasteiger partial charge is 0.261 e. The second-order valence-corrected chi connectivity index (χ2v) is 13.1. The van der Waals surface area contributed by atoms with Crippen molar-refractivity contribution in [3.63, 3.8) is 0 Å². The summed E-state index contributed by atoms with van der Waals surface area (Å²) in [6.07, 6.45) is 23.9. The normalized spacial score (nSPS) is 9.07. The van der Waals surface area contributed by atoms with Gasteiger partial charge in [0.25, 0.3) is 0 Å². The summed E-state index contributed by atoms with van der Waals surface area (Å²) in [7, 11) is 0. The molecule has 0 atom stereocenters. The van der Waals surface area contributed by atoms with E-state index in [1.54, 1.807) is 62.1 Å². The first-order chi connectivity index (χ1) is 29.1. The molecule has 8 heterocycles. The zero-order chi connectivity index (χ0) is 45.3. The van der Waals surface area contributed by atoms with Gasteiger partial charge >= 0.3 is 0 Å². The Morgan fingerprint density at radius 3 is 1.10 bits per heavy atom. The first-order valence-electron chi connectivity index (χ1n) is 19.1. The summed E-state index contributed by atoms with van der Waals surface area (Å²) < 4.78 is 0. The molecule has 8 aromatic heterocycles. The van der Waals surface area contributed by atoms with Crippen LogP contribution in [-0.2, 0) is 0 Å². The summed E-state index contributed by atoms with van der Waals surface area (Å²) in [6.45, 7) is 25.1. The monoisotopic (exact) mass is 823 g/mol. The van der Waals surface area contributed by atoms with Crippen LogP contribution in [0.4, 0.5) is 0 Å². The number of aromatic nitrogens is 16. The molecule has 0 saturated carbocycles. The molecule has 0 saturated heterocycles. The van der Waals surface area contributed by atoms with Crippen molar-refractivity contribution < 1.29 is 0 Å². The van der Waals surface area contributed by atoms with Gasteiger partial charge in [-0.15, -0.1) is 0 Å². The van der Waals surface area contributed by atoms with Crippen LogP contribution in [0.15, 0.2) is 117 Å². The van der Waals surface area contributed by atoms with Crippen LogP contribution in [0, 0.1) is 90.0 Å². The molecule has 0 aliphatic rings. The molecule has 0 bridgehead atoms. The van der Waals surface area contributed by atoms with Gasteiger partial charge in [0, 0.05) is 90.9 Å². The minimum atomic E-state index is 0.829. The first kappa shape index (κ1) is 51.7. The number of hydrogen-bond acceptors (Lipinski definition) is 16. The summed E-state index contributed by atoms with van der Waals surface area (Å²) in [4.78, 5) is 54.7. The highest BCUT2D eigenvalue weighted by molar-refractivity contribution is 5.04. The van der Waals surface area contributed by atoms with Gasteiger partial charge in [0.15, 0.2) is 0 Å². The maximum absolute atomic E-state index is 4.06. The van der Waals surface area contributed by atoms with Crippen molar-refractivity contribution in [1.29, 1.82) is 0 Å². The van der Waals surface area contributed by atoms with E-state index in [9.17, 15) is 0 Å². The van der Waals surface area contributed by atoms with Crippen LogP contribution >= 0.6 is 0 Å². The van der Waals surface area contributed by atoms with Crippen LogP contribution < -0.4 is 0 Å². The first-order valence-corrected chi connectivity index (χ1v) is 19.1. The Labute approximate surface area is 360 Å². The zero-order valence-electron chi connectivity index (χ0n) is 37.6. The second kappa shape index (κ2) is 31.6. The molecule has 0 unspecified atom stereocenters. The van der Waals surface area contributed by atoms with Gasteiger partial charge in [-0.2, -0.15) is 10.2 Å². The second-order valence-electron chi connectivity index (χ2n) is 13.1. The summed E-state index contributed by atoms with van der Waals surface area (Å²) in [6, 6.07) is 9.58. The van der Waals surface area contributed by atoms with Gasteiger partial charge in [0.1, 0.15) is 30.6 Å². The Hall–Kier alpha value is -7.36. The van der Waals surface area contributed by atoms with Crippen LogP contribution in [-0.4, -0.2) is 80.0 Å². The van der Waals surface area contributed by atoms with Gasteiger partial charge < -0.3 is 0 Å². The minimum absolute atomic E-state index is 0.829. The maximum Gasteiger partial charge on any atom is 0.125 e. The topological polar surface area (TPSA) is 206 Å². The fourth-order valence-corrected chi connectivity index (χ4v) is 3.65. The Balaban J connectivity index is 0.000000349. The van der Waals surface area contributed by atoms with Gasteiger partial charge in [-0.25, -0.2) is 49.8 Å².